The van der Waals surface area contributed by atoms with E-state index in [4.69, 9.17) is 9.47 Å². The molecule has 0 heterocycles. The van der Waals surface area contributed by atoms with Crippen molar-refractivity contribution in [3.8, 4) is 11.5 Å². The Morgan fingerprint density at radius 3 is 2.16 bits per heavy atom. The van der Waals surface area contributed by atoms with Crippen LogP contribution in [-0.4, -0.2) is 31.6 Å². The average molecular weight is 427 g/mol. The van der Waals surface area contributed by atoms with Crippen molar-refractivity contribution in [2.75, 3.05) is 13.7 Å². The maximum absolute atomic E-state index is 12.4. The average Bonchev–Trinajstić information content (AvgIpc) is 2.71. The topological polar surface area (TPSA) is 76.7 Å². The highest BCUT2D eigenvalue weighted by molar-refractivity contribution is 5.96. The Bertz CT molecular complexity index is 899. The molecule has 168 valence electrons. The summed E-state index contributed by atoms with van der Waals surface area (Å²) in [6.07, 6.45) is 0.0325. The van der Waals surface area contributed by atoms with Crippen LogP contribution in [0.2, 0.25) is 0 Å². The zero-order chi connectivity index (χ0) is 23.2. The van der Waals surface area contributed by atoms with Gasteiger partial charge in [-0.15, -0.1) is 0 Å². The van der Waals surface area contributed by atoms with Gasteiger partial charge in [0.15, 0.2) is 11.5 Å². The van der Waals surface area contributed by atoms with E-state index in [9.17, 15) is 9.59 Å². The number of methoxy groups -OCH3 is 1. The van der Waals surface area contributed by atoms with Crippen molar-refractivity contribution in [1.29, 1.82) is 0 Å². The summed E-state index contributed by atoms with van der Waals surface area (Å²) in [5.41, 5.74) is 2.58. The quantitative estimate of drug-likeness (QED) is 0.656. The lowest BCUT2D eigenvalue weighted by Gasteiger charge is -2.19. The van der Waals surface area contributed by atoms with Crippen LogP contribution in [0.1, 0.15) is 69.1 Å². The molecule has 6 nitrogen and oxygen atoms in total. The summed E-state index contributed by atoms with van der Waals surface area (Å²) in [5.74, 6) is 0.720. The van der Waals surface area contributed by atoms with Gasteiger partial charge in [-0.25, -0.2) is 0 Å². The van der Waals surface area contributed by atoms with Crippen LogP contribution in [0.25, 0.3) is 0 Å². The highest BCUT2D eigenvalue weighted by atomic mass is 16.5. The maximum Gasteiger partial charge on any atom is 0.251 e. The lowest BCUT2D eigenvalue weighted by molar-refractivity contribution is -0.120. The summed E-state index contributed by atoms with van der Waals surface area (Å²) in [6, 6.07) is 12.8. The number of ether oxygens (including phenoxy) is 2. The summed E-state index contributed by atoms with van der Waals surface area (Å²) in [4.78, 5) is 24.7. The van der Waals surface area contributed by atoms with Gasteiger partial charge in [-0.1, -0.05) is 39.0 Å². The van der Waals surface area contributed by atoms with Gasteiger partial charge in [-0.3, -0.25) is 9.59 Å². The van der Waals surface area contributed by atoms with Gasteiger partial charge in [0.05, 0.1) is 25.8 Å². The van der Waals surface area contributed by atoms with Crippen LogP contribution < -0.4 is 20.1 Å². The van der Waals surface area contributed by atoms with Gasteiger partial charge in [0.2, 0.25) is 5.91 Å². The van der Waals surface area contributed by atoms with Crippen molar-refractivity contribution in [3.63, 3.8) is 0 Å². The summed E-state index contributed by atoms with van der Waals surface area (Å²) in [5, 5.41) is 5.56. The number of amides is 2. The summed E-state index contributed by atoms with van der Waals surface area (Å²) in [7, 11) is 1.58. The number of hydrogen-bond acceptors (Lipinski definition) is 4. The van der Waals surface area contributed by atoms with E-state index in [1.807, 2.05) is 51.1 Å². The van der Waals surface area contributed by atoms with Crippen LogP contribution in [-0.2, 0) is 10.2 Å². The fourth-order valence-electron chi connectivity index (χ4n) is 3.06. The SMILES string of the molecule is COc1cc(C(C)NC(=O)CNC(=O)c2ccc(C(C)(C)C)cc2)ccc1OC(C)C. The lowest BCUT2D eigenvalue weighted by Crippen LogP contribution is -2.38. The fourth-order valence-corrected chi connectivity index (χ4v) is 3.06. The molecule has 6 heteroatoms. The minimum Gasteiger partial charge on any atom is -0.493 e. The zero-order valence-electron chi connectivity index (χ0n) is 19.5. The maximum atomic E-state index is 12.4. The first-order valence-electron chi connectivity index (χ1n) is 10.5. The minimum absolute atomic E-state index is 0.0207. The molecule has 31 heavy (non-hydrogen) atoms. The fraction of sp³-hybridized carbons (Fsp3) is 0.440. The zero-order valence-corrected chi connectivity index (χ0v) is 19.5. The van der Waals surface area contributed by atoms with E-state index in [0.717, 1.165) is 11.1 Å². The first-order chi connectivity index (χ1) is 14.5. The smallest absolute Gasteiger partial charge is 0.251 e. The van der Waals surface area contributed by atoms with Crippen LogP contribution in [0.3, 0.4) is 0 Å². The van der Waals surface area contributed by atoms with Crippen LogP contribution >= 0.6 is 0 Å². The molecule has 0 fully saturated rings. The number of rotatable bonds is 8. The molecular formula is C25H34N2O4. The predicted molar refractivity (Wildman–Crippen MR) is 123 cm³/mol. The highest BCUT2D eigenvalue weighted by Crippen LogP contribution is 2.31. The van der Waals surface area contributed by atoms with E-state index in [-0.39, 0.29) is 35.9 Å². The molecule has 0 radical (unpaired) electrons. The Kier molecular flexibility index (Phi) is 8.08. The van der Waals surface area contributed by atoms with Crippen LogP contribution in [0.5, 0.6) is 11.5 Å². The summed E-state index contributed by atoms with van der Waals surface area (Å²) in [6.45, 7) is 12.0. The molecule has 1 atom stereocenters. The number of nitrogens with one attached hydrogen (secondary N) is 2. The molecule has 0 bridgehead atoms. The van der Waals surface area contributed by atoms with Gasteiger partial charge < -0.3 is 20.1 Å². The molecule has 1 unspecified atom stereocenters. The van der Waals surface area contributed by atoms with Gasteiger partial charge in [0.1, 0.15) is 0 Å². The first-order valence-corrected chi connectivity index (χ1v) is 10.5. The third kappa shape index (κ3) is 7.02. The molecule has 2 rings (SSSR count). The van der Waals surface area contributed by atoms with Crippen LogP contribution in [0.4, 0.5) is 0 Å². The predicted octanol–water partition coefficient (Wildman–Crippen LogP) is 4.39. The van der Waals surface area contributed by atoms with Crippen LogP contribution in [0, 0.1) is 0 Å². The third-order valence-electron chi connectivity index (χ3n) is 4.85. The number of carbonyl (C=O) groups excluding carboxylic acids is 2. The monoisotopic (exact) mass is 426 g/mol. The van der Waals surface area contributed by atoms with Gasteiger partial charge >= 0.3 is 0 Å². The Morgan fingerprint density at radius 2 is 1.61 bits per heavy atom. The largest absolute Gasteiger partial charge is 0.493 e. The Hall–Kier alpha value is -3.02. The Labute approximate surface area is 185 Å². The second-order valence-electron chi connectivity index (χ2n) is 8.88. The van der Waals surface area contributed by atoms with Crippen LogP contribution in [0.15, 0.2) is 42.5 Å². The highest BCUT2D eigenvalue weighted by Gasteiger charge is 2.16. The van der Waals surface area contributed by atoms with E-state index in [1.54, 1.807) is 19.2 Å². The second kappa shape index (κ2) is 10.3. The molecule has 0 aliphatic rings. The van der Waals surface area contributed by atoms with E-state index in [2.05, 4.69) is 31.4 Å². The number of hydrogen-bond donors (Lipinski definition) is 2. The molecule has 2 aromatic rings. The minimum atomic E-state index is -0.278. The van der Waals surface area contributed by atoms with Crippen molar-refractivity contribution in [3.05, 3.63) is 59.2 Å². The third-order valence-corrected chi connectivity index (χ3v) is 4.85. The Balaban J connectivity index is 1.92. The van der Waals surface area contributed by atoms with Gasteiger partial charge in [0, 0.05) is 5.56 Å². The molecule has 2 aromatic carbocycles. The Morgan fingerprint density at radius 1 is 0.968 bits per heavy atom. The van der Waals surface area contributed by atoms with Crippen molar-refractivity contribution < 1.29 is 19.1 Å². The molecule has 0 saturated heterocycles. The molecule has 0 aliphatic heterocycles. The van der Waals surface area contributed by atoms with E-state index in [1.165, 1.54) is 0 Å². The van der Waals surface area contributed by atoms with Crippen molar-refractivity contribution in [2.45, 2.75) is 59.1 Å². The first kappa shape index (κ1) is 24.3. The lowest BCUT2D eigenvalue weighted by atomic mass is 9.87. The molecule has 2 N–H and O–H groups in total. The van der Waals surface area contributed by atoms with Gasteiger partial charge in [-0.2, -0.15) is 0 Å². The number of carbonyl (C=O) groups is 2. The van der Waals surface area contributed by atoms with Crippen molar-refractivity contribution in [1.82, 2.24) is 10.6 Å². The molecule has 0 aromatic heterocycles. The van der Waals surface area contributed by atoms with Crippen molar-refractivity contribution in [2.24, 2.45) is 0 Å². The standard InChI is InChI=1S/C25H34N2O4/c1-16(2)31-21-13-10-19(14-22(21)30-7)17(3)27-23(28)15-26-24(29)18-8-11-20(12-9-18)25(4,5)6/h8-14,16-17H,15H2,1-7H3,(H,26,29)(H,27,28). The van der Waals surface area contributed by atoms with Gasteiger partial charge in [-0.05, 0) is 61.6 Å². The van der Waals surface area contributed by atoms with Gasteiger partial charge in [0.25, 0.3) is 5.91 Å². The van der Waals surface area contributed by atoms with E-state index in [0.29, 0.717) is 17.1 Å². The summed E-state index contributed by atoms with van der Waals surface area (Å²) >= 11 is 0. The van der Waals surface area contributed by atoms with E-state index < -0.39 is 0 Å². The summed E-state index contributed by atoms with van der Waals surface area (Å²) < 4.78 is 11.1. The van der Waals surface area contributed by atoms with E-state index >= 15 is 0 Å². The molecule has 0 aliphatic carbocycles. The molecule has 0 spiro atoms. The molecule has 2 amide bonds. The normalized spacial score (nSPS) is 12.3. The second-order valence-corrected chi connectivity index (χ2v) is 8.88. The molecule has 0 saturated carbocycles. The molecular weight excluding hydrogens is 392 g/mol. The van der Waals surface area contributed by atoms with Crippen molar-refractivity contribution >= 4 is 11.8 Å². The number of benzene rings is 2.